The minimum absolute atomic E-state index is 0.0905. The van der Waals surface area contributed by atoms with Gasteiger partial charge in [-0.05, 0) is 66.6 Å². The highest BCUT2D eigenvalue weighted by Crippen LogP contribution is 2.34. The Morgan fingerprint density at radius 3 is 2.42 bits per heavy atom. The van der Waals surface area contributed by atoms with Gasteiger partial charge in [-0.25, -0.2) is 4.39 Å². The summed E-state index contributed by atoms with van der Waals surface area (Å²) in [6, 6.07) is 11.7. The first kappa shape index (κ1) is 23.1. The number of rotatable bonds is 5. The Morgan fingerprint density at radius 1 is 1.06 bits per heavy atom. The fourth-order valence-corrected chi connectivity index (χ4v) is 4.73. The number of amides is 2. The van der Waals surface area contributed by atoms with Crippen LogP contribution < -0.4 is 0 Å². The van der Waals surface area contributed by atoms with E-state index in [4.69, 9.17) is 16.0 Å². The van der Waals surface area contributed by atoms with Crippen LogP contribution in [0.15, 0.2) is 75.3 Å². The Bertz CT molecular complexity index is 1170. The van der Waals surface area contributed by atoms with E-state index >= 15 is 0 Å². The van der Waals surface area contributed by atoms with Crippen molar-refractivity contribution < 1.29 is 18.4 Å². The largest absolute Gasteiger partial charge is 0.472 e. The quantitative estimate of drug-likeness (QED) is 0.447. The number of nitrogens with zero attached hydrogens (tertiary/aromatic N) is 2. The molecule has 0 unspecified atom stereocenters. The van der Waals surface area contributed by atoms with Crippen LogP contribution in [0, 0.1) is 12.7 Å². The van der Waals surface area contributed by atoms with Gasteiger partial charge in [-0.15, -0.1) is 0 Å². The molecule has 0 saturated carbocycles. The number of hydrogen-bond donors (Lipinski definition) is 0. The molecule has 170 valence electrons. The van der Waals surface area contributed by atoms with Gasteiger partial charge in [0.25, 0.3) is 5.91 Å². The van der Waals surface area contributed by atoms with Gasteiger partial charge in [-0.3, -0.25) is 9.59 Å². The third-order valence-electron chi connectivity index (χ3n) is 5.39. The predicted octanol–water partition coefficient (Wildman–Crippen LogP) is 5.53. The van der Waals surface area contributed by atoms with Crippen molar-refractivity contribution in [1.29, 1.82) is 0 Å². The van der Waals surface area contributed by atoms with E-state index in [9.17, 15) is 14.0 Å². The molecule has 3 aromatic rings. The summed E-state index contributed by atoms with van der Waals surface area (Å²) in [6.07, 6.45) is 6.13. The van der Waals surface area contributed by atoms with E-state index in [0.29, 0.717) is 36.8 Å². The molecule has 5 nitrogen and oxygen atoms in total. The van der Waals surface area contributed by atoms with E-state index in [2.05, 4.69) is 0 Å². The molecule has 8 heteroatoms. The average molecular weight is 485 g/mol. The fourth-order valence-electron chi connectivity index (χ4n) is 3.52. The van der Waals surface area contributed by atoms with Gasteiger partial charge in [0.15, 0.2) is 0 Å². The predicted molar refractivity (Wildman–Crippen MR) is 127 cm³/mol. The van der Waals surface area contributed by atoms with Crippen LogP contribution >= 0.6 is 23.4 Å². The van der Waals surface area contributed by atoms with Gasteiger partial charge in [0, 0.05) is 47.1 Å². The third-order valence-corrected chi connectivity index (χ3v) is 6.88. The molecule has 33 heavy (non-hydrogen) atoms. The summed E-state index contributed by atoms with van der Waals surface area (Å²) in [7, 11) is 0. The van der Waals surface area contributed by atoms with Gasteiger partial charge < -0.3 is 14.2 Å². The number of halogens is 2. The zero-order valence-corrected chi connectivity index (χ0v) is 19.5. The normalized spacial score (nSPS) is 14.2. The second-order valence-electron chi connectivity index (χ2n) is 7.66. The maximum atomic E-state index is 13.1. The van der Waals surface area contributed by atoms with E-state index in [-0.39, 0.29) is 17.6 Å². The Morgan fingerprint density at radius 2 is 1.76 bits per heavy atom. The van der Waals surface area contributed by atoms with E-state index in [0.717, 1.165) is 20.9 Å². The maximum Gasteiger partial charge on any atom is 0.257 e. The number of furan rings is 1. The summed E-state index contributed by atoms with van der Waals surface area (Å²) >= 11 is 7.97. The molecule has 1 aliphatic heterocycles. The summed E-state index contributed by atoms with van der Waals surface area (Å²) in [4.78, 5) is 30.4. The number of aryl methyl sites for hydroxylation is 1. The highest BCUT2D eigenvalue weighted by molar-refractivity contribution is 7.99. The molecular formula is C25H22ClFN2O3S. The summed E-state index contributed by atoms with van der Waals surface area (Å²) in [5.74, 6) is -0.485. The first-order chi connectivity index (χ1) is 15.9. The highest BCUT2D eigenvalue weighted by atomic mass is 35.5. The lowest BCUT2D eigenvalue weighted by molar-refractivity contribution is -0.127. The fraction of sp³-hybridized carbons (Fsp3) is 0.200. The van der Waals surface area contributed by atoms with Gasteiger partial charge in [-0.1, -0.05) is 23.4 Å². The second kappa shape index (κ2) is 10.3. The molecule has 0 N–H and O–H groups in total. The van der Waals surface area contributed by atoms with Crippen LogP contribution in [0.3, 0.4) is 0 Å². The standard InChI is InChI=1S/C25H22ClFN2O3S/c1-17-14-18(22(26)15-23(17)33-21-5-3-20(27)4-6-21)2-7-24(30)28-9-11-29(12-10-28)25(31)19-8-13-32-16-19/h2-8,13-16H,9-12H2,1H3. The SMILES string of the molecule is Cc1cc(C=CC(=O)N2CCN(C(=O)c3ccoc3)CC2)c(Cl)cc1Sc1ccc(F)cc1. The van der Waals surface area contributed by atoms with Gasteiger partial charge >= 0.3 is 0 Å². The van der Waals surface area contributed by atoms with Crippen molar-refractivity contribution in [3.63, 3.8) is 0 Å². The Balaban J connectivity index is 1.36. The molecular weight excluding hydrogens is 463 g/mol. The van der Waals surface area contributed by atoms with Crippen molar-refractivity contribution in [1.82, 2.24) is 9.80 Å². The van der Waals surface area contributed by atoms with Crippen molar-refractivity contribution in [2.75, 3.05) is 26.2 Å². The number of carbonyl (C=O) groups excluding carboxylic acids is 2. The summed E-state index contributed by atoms with van der Waals surface area (Å²) in [5, 5.41) is 0.532. The molecule has 4 rings (SSSR count). The first-order valence-corrected chi connectivity index (χ1v) is 11.6. The Labute approximate surface area is 200 Å². The minimum Gasteiger partial charge on any atom is -0.472 e. The van der Waals surface area contributed by atoms with Crippen LogP contribution in [-0.2, 0) is 4.79 Å². The molecule has 2 heterocycles. The van der Waals surface area contributed by atoms with Crippen LogP contribution in [0.1, 0.15) is 21.5 Å². The number of piperazine rings is 1. The minimum atomic E-state index is -0.273. The molecule has 1 aromatic heterocycles. The van der Waals surface area contributed by atoms with Gasteiger partial charge in [0.05, 0.1) is 11.8 Å². The van der Waals surface area contributed by atoms with Crippen molar-refractivity contribution >= 4 is 41.3 Å². The Hall–Kier alpha value is -3.03. The van der Waals surface area contributed by atoms with Crippen molar-refractivity contribution in [2.45, 2.75) is 16.7 Å². The maximum absolute atomic E-state index is 13.1. The Kier molecular flexibility index (Phi) is 7.20. The van der Waals surface area contributed by atoms with Gasteiger partial charge in [0.2, 0.25) is 5.91 Å². The van der Waals surface area contributed by atoms with E-state index in [1.807, 2.05) is 19.1 Å². The van der Waals surface area contributed by atoms with Crippen LogP contribution in [0.2, 0.25) is 5.02 Å². The molecule has 0 spiro atoms. The molecule has 0 radical (unpaired) electrons. The van der Waals surface area contributed by atoms with Crippen LogP contribution in [0.5, 0.6) is 0 Å². The van der Waals surface area contributed by atoms with E-state index in [1.165, 1.54) is 42.5 Å². The lowest BCUT2D eigenvalue weighted by Crippen LogP contribution is -2.50. The molecule has 1 fully saturated rings. The summed E-state index contributed by atoms with van der Waals surface area (Å²) < 4.78 is 18.1. The van der Waals surface area contributed by atoms with E-state index < -0.39 is 0 Å². The monoisotopic (exact) mass is 484 g/mol. The number of carbonyl (C=O) groups is 2. The van der Waals surface area contributed by atoms with Gasteiger partial charge in [0.1, 0.15) is 12.1 Å². The van der Waals surface area contributed by atoms with Gasteiger partial charge in [-0.2, -0.15) is 0 Å². The van der Waals surface area contributed by atoms with Crippen molar-refractivity contribution in [2.24, 2.45) is 0 Å². The summed E-state index contributed by atoms with van der Waals surface area (Å²) in [6.45, 7) is 3.84. The van der Waals surface area contributed by atoms with Crippen LogP contribution in [0.4, 0.5) is 4.39 Å². The molecule has 0 atom stereocenters. The van der Waals surface area contributed by atoms with E-state index in [1.54, 1.807) is 34.1 Å². The van der Waals surface area contributed by atoms with Crippen LogP contribution in [-0.4, -0.2) is 47.8 Å². The number of hydrogen-bond acceptors (Lipinski definition) is 4. The molecule has 2 amide bonds. The third kappa shape index (κ3) is 5.67. The summed E-state index contributed by atoms with van der Waals surface area (Å²) in [5.41, 5.74) is 2.27. The zero-order valence-electron chi connectivity index (χ0n) is 18.0. The van der Waals surface area contributed by atoms with Crippen molar-refractivity contribution in [3.8, 4) is 0 Å². The smallest absolute Gasteiger partial charge is 0.257 e. The number of benzene rings is 2. The highest BCUT2D eigenvalue weighted by Gasteiger charge is 2.24. The molecule has 1 saturated heterocycles. The second-order valence-corrected chi connectivity index (χ2v) is 9.18. The lowest BCUT2D eigenvalue weighted by atomic mass is 10.1. The first-order valence-electron chi connectivity index (χ1n) is 10.4. The van der Waals surface area contributed by atoms with Crippen molar-refractivity contribution in [3.05, 3.63) is 88.6 Å². The molecule has 1 aliphatic rings. The topological polar surface area (TPSA) is 53.8 Å². The molecule has 2 aromatic carbocycles. The lowest BCUT2D eigenvalue weighted by Gasteiger charge is -2.34. The van der Waals surface area contributed by atoms with Crippen LogP contribution in [0.25, 0.3) is 6.08 Å². The molecule has 0 aliphatic carbocycles. The zero-order chi connectivity index (χ0) is 23.4. The molecule has 0 bridgehead atoms. The average Bonchev–Trinajstić information content (AvgIpc) is 3.36.